The Kier molecular flexibility index (Phi) is 3.31. The summed E-state index contributed by atoms with van der Waals surface area (Å²) < 4.78 is 1.83. The molecule has 2 N–H and O–H groups in total. The van der Waals surface area contributed by atoms with Gasteiger partial charge >= 0.3 is 0 Å². The van der Waals surface area contributed by atoms with E-state index in [4.69, 9.17) is 5.73 Å². The minimum Gasteiger partial charge on any atom is -0.329 e. The lowest BCUT2D eigenvalue weighted by atomic mass is 9.94. The molecule has 0 saturated carbocycles. The van der Waals surface area contributed by atoms with Gasteiger partial charge in [0.15, 0.2) is 0 Å². The van der Waals surface area contributed by atoms with Crippen LogP contribution in [0.25, 0.3) is 0 Å². The maximum absolute atomic E-state index is 5.93. The Hall–Kier alpha value is -1.72. The molecular formula is C14H19N5. The first-order chi connectivity index (χ1) is 9.28. The van der Waals surface area contributed by atoms with Gasteiger partial charge in [-0.2, -0.15) is 5.10 Å². The molecule has 3 rings (SSSR count). The van der Waals surface area contributed by atoms with Gasteiger partial charge in [0.25, 0.3) is 0 Å². The van der Waals surface area contributed by atoms with Gasteiger partial charge in [0.2, 0.25) is 0 Å². The van der Waals surface area contributed by atoms with Crippen molar-refractivity contribution in [2.75, 3.05) is 6.54 Å². The van der Waals surface area contributed by atoms with Crippen molar-refractivity contribution >= 4 is 0 Å². The Labute approximate surface area is 113 Å². The van der Waals surface area contributed by atoms with Crippen LogP contribution in [-0.2, 0) is 26.6 Å². The Bertz CT molecular complexity index is 562. The maximum Gasteiger partial charge on any atom is 0.140 e. The number of benzene rings is 1. The van der Waals surface area contributed by atoms with E-state index in [2.05, 4.69) is 39.2 Å². The van der Waals surface area contributed by atoms with Crippen LogP contribution in [0.1, 0.15) is 17.0 Å². The molecule has 19 heavy (non-hydrogen) atoms. The number of nitrogens with zero attached hydrogens (tertiary/aromatic N) is 4. The Morgan fingerprint density at radius 3 is 2.79 bits per heavy atom. The van der Waals surface area contributed by atoms with Crippen LogP contribution in [0.2, 0.25) is 0 Å². The summed E-state index contributed by atoms with van der Waals surface area (Å²) in [5.74, 6) is 0.984. The SMILES string of the molecule is Cn1ncnc1CN1Cc2ccccc2CC1CN. The summed E-state index contributed by atoms with van der Waals surface area (Å²) in [6, 6.07) is 8.99. The summed E-state index contributed by atoms with van der Waals surface area (Å²) >= 11 is 0. The molecular weight excluding hydrogens is 238 g/mol. The second-order valence-electron chi connectivity index (χ2n) is 5.07. The number of rotatable bonds is 3. The lowest BCUT2D eigenvalue weighted by molar-refractivity contribution is 0.160. The van der Waals surface area contributed by atoms with Gasteiger partial charge in [-0.05, 0) is 17.5 Å². The van der Waals surface area contributed by atoms with E-state index in [9.17, 15) is 0 Å². The van der Waals surface area contributed by atoms with Gasteiger partial charge in [-0.1, -0.05) is 24.3 Å². The van der Waals surface area contributed by atoms with Crippen LogP contribution in [0.3, 0.4) is 0 Å². The van der Waals surface area contributed by atoms with Crippen LogP contribution in [0.15, 0.2) is 30.6 Å². The van der Waals surface area contributed by atoms with Gasteiger partial charge in [0.1, 0.15) is 12.2 Å². The average molecular weight is 257 g/mol. The Morgan fingerprint density at radius 1 is 1.32 bits per heavy atom. The number of hydrogen-bond acceptors (Lipinski definition) is 4. The second-order valence-corrected chi connectivity index (χ2v) is 5.07. The monoisotopic (exact) mass is 257 g/mol. The van der Waals surface area contributed by atoms with Crippen molar-refractivity contribution in [3.63, 3.8) is 0 Å². The number of aryl methyl sites for hydroxylation is 1. The molecule has 2 aromatic rings. The summed E-state index contributed by atoms with van der Waals surface area (Å²) in [7, 11) is 1.93. The maximum atomic E-state index is 5.93. The molecule has 1 unspecified atom stereocenters. The fourth-order valence-corrected chi connectivity index (χ4v) is 2.70. The smallest absolute Gasteiger partial charge is 0.140 e. The number of aromatic nitrogens is 3. The predicted molar refractivity (Wildman–Crippen MR) is 73.2 cm³/mol. The zero-order valence-electron chi connectivity index (χ0n) is 11.2. The fraction of sp³-hybridized carbons (Fsp3) is 0.429. The number of nitrogens with two attached hydrogens (primary N) is 1. The third-order valence-corrected chi connectivity index (χ3v) is 3.89. The minimum absolute atomic E-state index is 0.381. The van der Waals surface area contributed by atoms with Crippen molar-refractivity contribution < 1.29 is 0 Å². The highest BCUT2D eigenvalue weighted by Crippen LogP contribution is 2.23. The molecule has 1 aliphatic heterocycles. The molecule has 0 aliphatic carbocycles. The number of fused-ring (bicyclic) bond motifs is 1. The summed E-state index contributed by atoms with van der Waals surface area (Å²) in [6.45, 7) is 2.41. The molecule has 1 aromatic heterocycles. The largest absolute Gasteiger partial charge is 0.329 e. The van der Waals surface area contributed by atoms with Crippen LogP contribution in [0.5, 0.6) is 0 Å². The molecule has 0 bridgehead atoms. The van der Waals surface area contributed by atoms with Crippen LogP contribution in [0.4, 0.5) is 0 Å². The lowest BCUT2D eigenvalue weighted by Gasteiger charge is -2.35. The molecule has 0 spiro atoms. The zero-order chi connectivity index (χ0) is 13.2. The summed E-state index contributed by atoms with van der Waals surface area (Å²) in [5.41, 5.74) is 8.75. The molecule has 1 aliphatic rings. The highest BCUT2D eigenvalue weighted by atomic mass is 15.3. The van der Waals surface area contributed by atoms with E-state index in [1.165, 1.54) is 11.1 Å². The van der Waals surface area contributed by atoms with Gasteiger partial charge in [-0.3, -0.25) is 9.58 Å². The molecule has 0 saturated heterocycles. The fourth-order valence-electron chi connectivity index (χ4n) is 2.70. The van der Waals surface area contributed by atoms with Crippen LogP contribution >= 0.6 is 0 Å². The highest BCUT2D eigenvalue weighted by Gasteiger charge is 2.25. The van der Waals surface area contributed by atoms with Crippen LogP contribution in [-0.4, -0.2) is 32.3 Å². The topological polar surface area (TPSA) is 60.0 Å². The van der Waals surface area contributed by atoms with Crippen molar-refractivity contribution in [3.05, 3.63) is 47.5 Å². The van der Waals surface area contributed by atoms with E-state index in [0.29, 0.717) is 12.6 Å². The molecule has 0 fully saturated rings. The van der Waals surface area contributed by atoms with Crippen LogP contribution < -0.4 is 5.73 Å². The first-order valence-corrected chi connectivity index (χ1v) is 6.61. The van der Waals surface area contributed by atoms with Crippen molar-refractivity contribution in [2.24, 2.45) is 12.8 Å². The van der Waals surface area contributed by atoms with E-state index in [1.807, 2.05) is 11.7 Å². The van der Waals surface area contributed by atoms with Gasteiger partial charge in [-0.25, -0.2) is 4.98 Å². The van der Waals surface area contributed by atoms with Crippen molar-refractivity contribution in [2.45, 2.75) is 25.6 Å². The Morgan fingerprint density at radius 2 is 2.11 bits per heavy atom. The second kappa shape index (κ2) is 5.11. The van der Waals surface area contributed by atoms with Gasteiger partial charge in [0.05, 0.1) is 6.54 Å². The standard InChI is InChI=1S/C14H19N5/c1-18-14(16-10-17-18)9-19-8-12-5-3-2-4-11(12)6-13(19)7-15/h2-5,10,13H,6-9,15H2,1H3. The first-order valence-electron chi connectivity index (χ1n) is 6.61. The van der Waals surface area contributed by atoms with Crippen molar-refractivity contribution in [1.29, 1.82) is 0 Å². The van der Waals surface area contributed by atoms with E-state index < -0.39 is 0 Å². The van der Waals surface area contributed by atoms with Crippen molar-refractivity contribution in [1.82, 2.24) is 19.7 Å². The normalized spacial score (nSPS) is 19.4. The zero-order valence-corrected chi connectivity index (χ0v) is 11.2. The molecule has 0 amide bonds. The minimum atomic E-state index is 0.381. The number of hydrogen-bond donors (Lipinski definition) is 1. The van der Waals surface area contributed by atoms with E-state index in [0.717, 1.165) is 25.3 Å². The summed E-state index contributed by atoms with van der Waals surface area (Å²) in [4.78, 5) is 6.70. The van der Waals surface area contributed by atoms with E-state index in [-0.39, 0.29) is 0 Å². The summed E-state index contributed by atoms with van der Waals surface area (Å²) in [6.07, 6.45) is 2.62. The summed E-state index contributed by atoms with van der Waals surface area (Å²) in [5, 5.41) is 4.12. The first kappa shape index (κ1) is 12.3. The van der Waals surface area contributed by atoms with Crippen molar-refractivity contribution in [3.8, 4) is 0 Å². The average Bonchev–Trinajstić information content (AvgIpc) is 2.83. The molecule has 1 atom stereocenters. The Balaban J connectivity index is 1.83. The van der Waals surface area contributed by atoms with Gasteiger partial charge < -0.3 is 5.73 Å². The van der Waals surface area contributed by atoms with E-state index >= 15 is 0 Å². The molecule has 100 valence electrons. The van der Waals surface area contributed by atoms with E-state index in [1.54, 1.807) is 6.33 Å². The third kappa shape index (κ3) is 2.39. The quantitative estimate of drug-likeness (QED) is 0.879. The molecule has 1 aromatic carbocycles. The molecule has 5 heteroatoms. The predicted octanol–water partition coefficient (Wildman–Crippen LogP) is 0.701. The lowest BCUT2D eigenvalue weighted by Crippen LogP contribution is -2.44. The molecule has 5 nitrogen and oxygen atoms in total. The highest BCUT2D eigenvalue weighted by molar-refractivity contribution is 5.30. The molecule has 0 radical (unpaired) electrons. The van der Waals surface area contributed by atoms with Gasteiger partial charge in [-0.15, -0.1) is 0 Å². The van der Waals surface area contributed by atoms with Gasteiger partial charge in [0, 0.05) is 26.2 Å². The molecule has 2 heterocycles. The third-order valence-electron chi connectivity index (χ3n) is 3.89. The van der Waals surface area contributed by atoms with Crippen LogP contribution in [0, 0.1) is 0 Å².